The maximum Gasteiger partial charge on any atom is 0.259 e. The summed E-state index contributed by atoms with van der Waals surface area (Å²) in [6.07, 6.45) is 4.30. The highest BCUT2D eigenvalue weighted by Gasteiger charge is 2.35. The summed E-state index contributed by atoms with van der Waals surface area (Å²) in [4.78, 5) is 52.3. The van der Waals surface area contributed by atoms with Crippen LogP contribution in [0.1, 0.15) is 44.9 Å². The van der Waals surface area contributed by atoms with Crippen LogP contribution in [0.4, 0.5) is 0 Å². The lowest BCUT2D eigenvalue weighted by molar-refractivity contribution is 0.0313. The number of pyridine rings is 2. The van der Waals surface area contributed by atoms with E-state index in [-0.39, 0.29) is 48.2 Å². The van der Waals surface area contributed by atoms with E-state index in [1.807, 2.05) is 19.1 Å². The van der Waals surface area contributed by atoms with Crippen LogP contribution < -0.4 is 4.74 Å². The maximum atomic E-state index is 13.7. The minimum Gasteiger partial charge on any atom is -0.472 e. The van der Waals surface area contributed by atoms with Crippen molar-refractivity contribution in [2.75, 3.05) is 40.8 Å². The van der Waals surface area contributed by atoms with Crippen molar-refractivity contribution in [3.8, 4) is 17.0 Å². The van der Waals surface area contributed by atoms with E-state index in [0.29, 0.717) is 23.2 Å². The predicted molar refractivity (Wildman–Crippen MR) is 150 cm³/mol. The van der Waals surface area contributed by atoms with Gasteiger partial charge in [0, 0.05) is 68.9 Å². The first-order chi connectivity index (χ1) is 19.1. The van der Waals surface area contributed by atoms with Crippen molar-refractivity contribution in [1.29, 1.82) is 0 Å². The number of benzene rings is 1. The molecule has 10 heteroatoms. The minimum absolute atomic E-state index is 0.104. The van der Waals surface area contributed by atoms with Crippen molar-refractivity contribution in [2.45, 2.75) is 26.0 Å². The number of fused-ring (bicyclic) bond motifs is 1. The van der Waals surface area contributed by atoms with Crippen LogP contribution in [0.25, 0.3) is 11.1 Å². The average molecular weight is 546 g/mol. The van der Waals surface area contributed by atoms with Crippen LogP contribution in [0.2, 0.25) is 0 Å². The number of amides is 3. The van der Waals surface area contributed by atoms with E-state index >= 15 is 0 Å². The molecule has 3 amide bonds. The second kappa shape index (κ2) is 12.3. The number of ether oxygens (including phenoxy) is 1. The van der Waals surface area contributed by atoms with E-state index in [1.165, 1.54) is 4.90 Å². The standard InChI is InChI=1S/C30H35N5O5/c1-19-16-35(20(2)18-36)30(39)25-14-24(21-6-8-22(9-7-21)28(37)33(3)4)15-32-27(25)40-26(19)17-34(5)29(38)23-10-12-31-13-11-23/h6-15,19-20,26,36H,16-18H2,1-5H3/t19-,20+,26-/m1/s1. The lowest BCUT2D eigenvalue weighted by atomic mass is 9.98. The number of hydrogen-bond donors (Lipinski definition) is 1. The van der Waals surface area contributed by atoms with Gasteiger partial charge >= 0.3 is 0 Å². The second-order valence-electron chi connectivity index (χ2n) is 10.4. The molecule has 0 fully saturated rings. The quantitative estimate of drug-likeness (QED) is 0.485. The number of aliphatic hydroxyl groups excluding tert-OH is 1. The number of nitrogens with zero attached hydrogens (tertiary/aromatic N) is 5. The van der Waals surface area contributed by atoms with Crippen molar-refractivity contribution in [3.63, 3.8) is 0 Å². The van der Waals surface area contributed by atoms with E-state index < -0.39 is 12.1 Å². The average Bonchev–Trinajstić information content (AvgIpc) is 2.97. The number of carbonyl (C=O) groups excluding carboxylic acids is 3. The van der Waals surface area contributed by atoms with Gasteiger partial charge in [0.05, 0.1) is 19.2 Å². The van der Waals surface area contributed by atoms with Gasteiger partial charge in [-0.3, -0.25) is 19.4 Å². The van der Waals surface area contributed by atoms with Gasteiger partial charge in [-0.15, -0.1) is 0 Å². The Kier molecular flexibility index (Phi) is 8.79. The summed E-state index contributed by atoms with van der Waals surface area (Å²) in [6, 6.07) is 11.7. The van der Waals surface area contributed by atoms with Crippen LogP contribution in [-0.2, 0) is 0 Å². The van der Waals surface area contributed by atoms with Gasteiger partial charge in [0.25, 0.3) is 17.7 Å². The molecule has 4 rings (SSSR count). The molecule has 1 aliphatic heterocycles. The van der Waals surface area contributed by atoms with E-state index in [0.717, 1.165) is 5.56 Å². The molecule has 0 saturated carbocycles. The molecule has 2 aromatic heterocycles. The third-order valence-electron chi connectivity index (χ3n) is 7.12. The number of aromatic nitrogens is 2. The molecule has 1 aromatic carbocycles. The molecule has 0 saturated heterocycles. The highest BCUT2D eigenvalue weighted by atomic mass is 16.5. The first kappa shape index (κ1) is 28.7. The zero-order valence-corrected chi connectivity index (χ0v) is 23.4. The number of aliphatic hydroxyl groups is 1. The SMILES string of the molecule is C[C@@H]1CN([C@@H](C)CO)C(=O)c2cc(-c3ccc(C(=O)N(C)C)cc3)cnc2O[C@@H]1CN(C)C(=O)c1ccncc1. The van der Waals surface area contributed by atoms with Gasteiger partial charge in [-0.2, -0.15) is 0 Å². The third kappa shape index (κ3) is 6.12. The Balaban J connectivity index is 1.67. The van der Waals surface area contributed by atoms with Crippen molar-refractivity contribution in [2.24, 2.45) is 5.92 Å². The maximum absolute atomic E-state index is 13.7. The largest absolute Gasteiger partial charge is 0.472 e. The Labute approximate surface area is 234 Å². The fraction of sp³-hybridized carbons (Fsp3) is 0.367. The number of carbonyl (C=O) groups is 3. The van der Waals surface area contributed by atoms with Crippen molar-refractivity contribution in [3.05, 3.63) is 77.7 Å². The lowest BCUT2D eigenvalue weighted by Gasteiger charge is -2.37. The number of likely N-dealkylation sites (N-methyl/N-ethyl adjacent to an activating group) is 1. The monoisotopic (exact) mass is 545 g/mol. The first-order valence-electron chi connectivity index (χ1n) is 13.2. The molecule has 0 unspecified atom stereocenters. The molecule has 1 aliphatic rings. The van der Waals surface area contributed by atoms with Crippen LogP contribution in [-0.4, -0.2) is 100 Å². The Morgan fingerprint density at radius 2 is 1.70 bits per heavy atom. The van der Waals surface area contributed by atoms with Gasteiger partial charge in [0.2, 0.25) is 5.88 Å². The fourth-order valence-electron chi connectivity index (χ4n) is 4.61. The summed E-state index contributed by atoms with van der Waals surface area (Å²) in [5, 5.41) is 9.92. The molecule has 0 bridgehead atoms. The van der Waals surface area contributed by atoms with Crippen LogP contribution >= 0.6 is 0 Å². The minimum atomic E-state index is -0.467. The molecule has 210 valence electrons. The summed E-state index contributed by atoms with van der Waals surface area (Å²) in [5.74, 6) is -0.562. The Bertz CT molecular complexity index is 1360. The molecule has 0 spiro atoms. The summed E-state index contributed by atoms with van der Waals surface area (Å²) >= 11 is 0. The highest BCUT2D eigenvalue weighted by Crippen LogP contribution is 2.30. The Morgan fingerprint density at radius 1 is 1.05 bits per heavy atom. The fourth-order valence-corrected chi connectivity index (χ4v) is 4.61. The second-order valence-corrected chi connectivity index (χ2v) is 10.4. The Hall–Kier alpha value is -4.31. The van der Waals surface area contributed by atoms with Gasteiger partial charge in [0.15, 0.2) is 0 Å². The molecule has 3 atom stereocenters. The van der Waals surface area contributed by atoms with Gasteiger partial charge in [-0.05, 0) is 42.8 Å². The van der Waals surface area contributed by atoms with Crippen LogP contribution in [0.15, 0.2) is 61.1 Å². The summed E-state index contributed by atoms with van der Waals surface area (Å²) < 4.78 is 6.33. The predicted octanol–water partition coefficient (Wildman–Crippen LogP) is 2.84. The van der Waals surface area contributed by atoms with Crippen molar-refractivity contribution in [1.82, 2.24) is 24.7 Å². The molecule has 0 radical (unpaired) electrons. The summed E-state index contributed by atoms with van der Waals surface area (Å²) in [5.41, 5.74) is 2.81. The Morgan fingerprint density at radius 3 is 2.33 bits per heavy atom. The van der Waals surface area contributed by atoms with E-state index in [4.69, 9.17) is 4.74 Å². The van der Waals surface area contributed by atoms with Crippen molar-refractivity contribution < 1.29 is 24.2 Å². The van der Waals surface area contributed by atoms with Crippen molar-refractivity contribution >= 4 is 17.7 Å². The highest BCUT2D eigenvalue weighted by molar-refractivity contribution is 5.98. The van der Waals surface area contributed by atoms with E-state index in [9.17, 15) is 19.5 Å². The topological polar surface area (TPSA) is 116 Å². The van der Waals surface area contributed by atoms with Crippen LogP contribution in [0.3, 0.4) is 0 Å². The zero-order valence-electron chi connectivity index (χ0n) is 23.4. The molecular weight excluding hydrogens is 510 g/mol. The molecule has 3 heterocycles. The molecule has 0 aliphatic carbocycles. The molecule has 3 aromatic rings. The number of hydrogen-bond acceptors (Lipinski definition) is 7. The summed E-state index contributed by atoms with van der Waals surface area (Å²) in [7, 11) is 5.10. The van der Waals surface area contributed by atoms with Crippen LogP contribution in [0.5, 0.6) is 5.88 Å². The van der Waals surface area contributed by atoms with Gasteiger partial charge in [0.1, 0.15) is 11.7 Å². The zero-order chi connectivity index (χ0) is 29.0. The third-order valence-corrected chi connectivity index (χ3v) is 7.12. The first-order valence-corrected chi connectivity index (χ1v) is 13.2. The van der Waals surface area contributed by atoms with Gasteiger partial charge in [-0.1, -0.05) is 19.1 Å². The molecule has 1 N–H and O–H groups in total. The smallest absolute Gasteiger partial charge is 0.259 e. The molecule has 40 heavy (non-hydrogen) atoms. The van der Waals surface area contributed by atoms with Gasteiger partial charge < -0.3 is 24.5 Å². The molecule has 10 nitrogen and oxygen atoms in total. The van der Waals surface area contributed by atoms with E-state index in [2.05, 4.69) is 9.97 Å². The normalized spacial score (nSPS) is 17.6. The van der Waals surface area contributed by atoms with Gasteiger partial charge in [-0.25, -0.2) is 4.98 Å². The molecular formula is C30H35N5O5. The lowest BCUT2D eigenvalue weighted by Crippen LogP contribution is -2.50. The number of rotatable bonds is 7. The summed E-state index contributed by atoms with van der Waals surface area (Å²) in [6.45, 7) is 4.14. The van der Waals surface area contributed by atoms with Crippen LogP contribution in [0, 0.1) is 5.92 Å². The van der Waals surface area contributed by atoms with E-state index in [1.54, 1.807) is 86.8 Å².